The number of nitrogens with two attached hydrogens (primary N) is 1. The minimum Gasteiger partial charge on any atom is -0.333 e. The van der Waals surface area contributed by atoms with E-state index >= 15 is 0 Å². The fourth-order valence-electron chi connectivity index (χ4n) is 0.835. The second-order valence-corrected chi connectivity index (χ2v) is 3.20. The van der Waals surface area contributed by atoms with E-state index in [9.17, 15) is 0 Å². The Balaban J connectivity index is 2.81. The van der Waals surface area contributed by atoms with Gasteiger partial charge in [0.05, 0.1) is 0 Å². The molecule has 10 heavy (non-hydrogen) atoms. The fourth-order valence-corrected chi connectivity index (χ4v) is 1.52. The molecule has 0 saturated carbocycles. The van der Waals surface area contributed by atoms with Crippen LogP contribution in [-0.4, -0.2) is 16.1 Å². The van der Waals surface area contributed by atoms with Crippen LogP contribution < -0.4 is 5.73 Å². The fraction of sp³-hybridized carbons (Fsp3) is 0.500. The van der Waals surface area contributed by atoms with Crippen LogP contribution in [0.3, 0.4) is 0 Å². The largest absolute Gasteiger partial charge is 0.333 e. The number of aromatic nitrogens is 2. The summed E-state index contributed by atoms with van der Waals surface area (Å²) < 4.78 is 3.09. The molecule has 4 heteroatoms. The van der Waals surface area contributed by atoms with Gasteiger partial charge in [0.1, 0.15) is 9.53 Å². The molecule has 0 saturated heterocycles. The molecular weight excluding hydrogens is 241 g/mol. The lowest BCUT2D eigenvalue weighted by molar-refractivity contribution is 0.684. The molecule has 56 valence electrons. The number of halogens is 1. The summed E-state index contributed by atoms with van der Waals surface area (Å²) in [5.41, 5.74) is 5.39. The molecule has 0 amide bonds. The summed E-state index contributed by atoms with van der Waals surface area (Å²) in [5, 5.41) is 0. The highest BCUT2D eigenvalue weighted by molar-refractivity contribution is 14.1. The highest BCUT2D eigenvalue weighted by atomic mass is 127. The van der Waals surface area contributed by atoms with Crippen LogP contribution in [0.1, 0.15) is 5.82 Å². The Morgan fingerprint density at radius 1 is 1.80 bits per heavy atom. The van der Waals surface area contributed by atoms with E-state index in [1.54, 1.807) is 0 Å². The molecule has 1 aromatic rings. The zero-order chi connectivity index (χ0) is 7.56. The van der Waals surface area contributed by atoms with Crippen LogP contribution >= 0.6 is 22.6 Å². The molecule has 1 rings (SSSR count). The van der Waals surface area contributed by atoms with E-state index in [1.807, 2.05) is 13.1 Å². The van der Waals surface area contributed by atoms with Gasteiger partial charge in [-0.25, -0.2) is 4.98 Å². The van der Waals surface area contributed by atoms with Gasteiger partial charge in [-0.1, -0.05) is 0 Å². The van der Waals surface area contributed by atoms with E-state index in [1.165, 1.54) is 0 Å². The SMILES string of the molecule is Cc1nc(I)cn1CCN. The molecule has 0 aliphatic carbocycles. The predicted molar refractivity (Wildman–Crippen MR) is 48.7 cm³/mol. The molecule has 0 spiro atoms. The van der Waals surface area contributed by atoms with E-state index in [4.69, 9.17) is 5.73 Å². The summed E-state index contributed by atoms with van der Waals surface area (Å²) in [6.07, 6.45) is 2.00. The van der Waals surface area contributed by atoms with Gasteiger partial charge in [-0.2, -0.15) is 0 Å². The number of imidazole rings is 1. The smallest absolute Gasteiger partial charge is 0.119 e. The summed E-state index contributed by atoms with van der Waals surface area (Å²) >= 11 is 2.19. The Kier molecular flexibility index (Phi) is 2.67. The molecule has 0 radical (unpaired) electrons. The van der Waals surface area contributed by atoms with Gasteiger partial charge in [0.25, 0.3) is 0 Å². The van der Waals surface area contributed by atoms with E-state index in [0.717, 1.165) is 16.1 Å². The number of hydrogen-bond donors (Lipinski definition) is 1. The van der Waals surface area contributed by atoms with Crippen molar-refractivity contribution in [3.63, 3.8) is 0 Å². The third-order valence-electron chi connectivity index (χ3n) is 1.32. The first-order chi connectivity index (χ1) is 4.74. The van der Waals surface area contributed by atoms with Crippen LogP contribution in [0.15, 0.2) is 6.20 Å². The van der Waals surface area contributed by atoms with Gasteiger partial charge < -0.3 is 10.3 Å². The quantitative estimate of drug-likeness (QED) is 0.788. The number of hydrogen-bond acceptors (Lipinski definition) is 2. The predicted octanol–water partition coefficient (Wildman–Crippen LogP) is 0.755. The maximum Gasteiger partial charge on any atom is 0.119 e. The number of nitrogens with zero attached hydrogens (tertiary/aromatic N) is 2. The highest BCUT2D eigenvalue weighted by Gasteiger charge is 1.98. The Morgan fingerprint density at radius 2 is 2.50 bits per heavy atom. The van der Waals surface area contributed by atoms with Crippen molar-refractivity contribution in [2.75, 3.05) is 6.54 Å². The third kappa shape index (κ3) is 1.69. The standard InChI is InChI=1S/C6H10IN3/c1-5-9-6(7)4-10(5)3-2-8/h4H,2-3,8H2,1H3. The van der Waals surface area contributed by atoms with Gasteiger partial charge in [0, 0.05) is 19.3 Å². The van der Waals surface area contributed by atoms with Crippen molar-refractivity contribution in [1.82, 2.24) is 9.55 Å². The van der Waals surface area contributed by atoms with Crippen molar-refractivity contribution in [2.24, 2.45) is 5.73 Å². The average molecular weight is 251 g/mol. The summed E-state index contributed by atoms with van der Waals surface area (Å²) in [7, 11) is 0. The maximum absolute atomic E-state index is 5.39. The number of aryl methyl sites for hydroxylation is 1. The second-order valence-electron chi connectivity index (χ2n) is 2.09. The third-order valence-corrected chi connectivity index (χ3v) is 1.84. The molecule has 0 aliphatic rings. The lowest BCUT2D eigenvalue weighted by Gasteiger charge is -1.99. The molecule has 1 heterocycles. The molecule has 3 nitrogen and oxygen atoms in total. The minimum absolute atomic E-state index is 0.674. The average Bonchev–Trinajstić information content (AvgIpc) is 2.13. The lowest BCUT2D eigenvalue weighted by atomic mass is 10.6. The van der Waals surface area contributed by atoms with Crippen molar-refractivity contribution in [1.29, 1.82) is 0 Å². The summed E-state index contributed by atoms with van der Waals surface area (Å²) in [6.45, 7) is 3.52. The first-order valence-corrected chi connectivity index (χ1v) is 4.21. The normalized spacial score (nSPS) is 10.3. The van der Waals surface area contributed by atoms with E-state index < -0.39 is 0 Å². The van der Waals surface area contributed by atoms with Crippen molar-refractivity contribution < 1.29 is 0 Å². The van der Waals surface area contributed by atoms with Gasteiger partial charge >= 0.3 is 0 Å². The molecule has 1 aromatic heterocycles. The van der Waals surface area contributed by atoms with Gasteiger partial charge in [-0.15, -0.1) is 0 Å². The van der Waals surface area contributed by atoms with Gasteiger partial charge in [0.15, 0.2) is 0 Å². The van der Waals surface area contributed by atoms with Crippen LogP contribution in [0, 0.1) is 10.6 Å². The second kappa shape index (κ2) is 3.34. The molecule has 0 aromatic carbocycles. The summed E-state index contributed by atoms with van der Waals surface area (Å²) in [6, 6.07) is 0. The van der Waals surface area contributed by atoms with Crippen molar-refractivity contribution in [3.05, 3.63) is 15.7 Å². The summed E-state index contributed by atoms with van der Waals surface area (Å²) in [4.78, 5) is 4.22. The van der Waals surface area contributed by atoms with Crippen LogP contribution in [0.5, 0.6) is 0 Å². The minimum atomic E-state index is 0.674. The molecule has 0 unspecified atom stereocenters. The maximum atomic E-state index is 5.39. The van der Waals surface area contributed by atoms with Crippen LogP contribution in [0.2, 0.25) is 0 Å². The molecule has 0 bridgehead atoms. The zero-order valence-electron chi connectivity index (χ0n) is 5.84. The first-order valence-electron chi connectivity index (χ1n) is 3.13. The van der Waals surface area contributed by atoms with Gasteiger partial charge in [-0.05, 0) is 29.5 Å². The zero-order valence-corrected chi connectivity index (χ0v) is 8.00. The van der Waals surface area contributed by atoms with E-state index in [-0.39, 0.29) is 0 Å². The molecule has 0 fully saturated rings. The Morgan fingerprint density at radius 3 is 2.90 bits per heavy atom. The molecule has 0 atom stereocenters. The first kappa shape index (κ1) is 8.00. The van der Waals surface area contributed by atoms with E-state index in [0.29, 0.717) is 6.54 Å². The Bertz CT molecular complexity index is 219. The molecular formula is C6H10IN3. The van der Waals surface area contributed by atoms with Gasteiger partial charge in [-0.3, -0.25) is 0 Å². The molecule has 0 aliphatic heterocycles. The Labute approximate surface area is 73.8 Å². The number of rotatable bonds is 2. The van der Waals surface area contributed by atoms with Crippen molar-refractivity contribution >= 4 is 22.6 Å². The molecule has 2 N–H and O–H groups in total. The van der Waals surface area contributed by atoms with Crippen LogP contribution in [0.4, 0.5) is 0 Å². The Hall–Kier alpha value is -0.100. The monoisotopic (exact) mass is 251 g/mol. The summed E-state index contributed by atoms with van der Waals surface area (Å²) in [5.74, 6) is 1.04. The van der Waals surface area contributed by atoms with Crippen LogP contribution in [-0.2, 0) is 6.54 Å². The van der Waals surface area contributed by atoms with Crippen molar-refractivity contribution in [2.45, 2.75) is 13.5 Å². The highest BCUT2D eigenvalue weighted by Crippen LogP contribution is 2.03. The van der Waals surface area contributed by atoms with Gasteiger partial charge in [0.2, 0.25) is 0 Å². The van der Waals surface area contributed by atoms with Crippen molar-refractivity contribution in [3.8, 4) is 0 Å². The van der Waals surface area contributed by atoms with Crippen LogP contribution in [0.25, 0.3) is 0 Å². The van der Waals surface area contributed by atoms with E-state index in [2.05, 4.69) is 32.1 Å². The topological polar surface area (TPSA) is 43.8 Å². The lowest BCUT2D eigenvalue weighted by Crippen LogP contribution is -2.10.